The second-order valence-corrected chi connectivity index (χ2v) is 5.11. The van der Waals surface area contributed by atoms with Crippen LogP contribution in [0.5, 0.6) is 5.75 Å². The van der Waals surface area contributed by atoms with Crippen LogP contribution in [0.2, 0.25) is 0 Å². The van der Waals surface area contributed by atoms with Crippen LogP contribution in [0.4, 0.5) is 0 Å². The van der Waals surface area contributed by atoms with E-state index >= 15 is 0 Å². The fourth-order valence-corrected chi connectivity index (χ4v) is 2.50. The number of hydrogen-bond donors (Lipinski definition) is 2. The Morgan fingerprint density at radius 1 is 0.909 bits per heavy atom. The first-order valence-corrected chi connectivity index (χ1v) is 7.19. The number of rotatable bonds is 4. The summed E-state index contributed by atoms with van der Waals surface area (Å²) in [6.07, 6.45) is 1.64. The van der Waals surface area contributed by atoms with Crippen LogP contribution in [0.1, 0.15) is 17.2 Å². The molecule has 0 bridgehead atoms. The van der Waals surface area contributed by atoms with E-state index in [1.54, 1.807) is 12.3 Å². The minimum atomic E-state index is -0.334. The van der Waals surface area contributed by atoms with Gasteiger partial charge in [0.1, 0.15) is 5.75 Å². The van der Waals surface area contributed by atoms with Crippen LogP contribution in [0.3, 0.4) is 0 Å². The first kappa shape index (κ1) is 14.3. The lowest BCUT2D eigenvalue weighted by Gasteiger charge is -2.10. The van der Waals surface area contributed by atoms with Crippen LogP contribution in [0, 0.1) is 0 Å². The number of phenols is 1. The third-order valence-corrected chi connectivity index (χ3v) is 3.69. The summed E-state index contributed by atoms with van der Waals surface area (Å²) in [6.45, 7) is -0.0773. The van der Waals surface area contributed by atoms with Gasteiger partial charge in [-0.05, 0) is 22.4 Å². The summed E-state index contributed by atoms with van der Waals surface area (Å²) < 4.78 is 0. The lowest BCUT2D eigenvalue weighted by atomic mass is 10.0. The van der Waals surface area contributed by atoms with Gasteiger partial charge in [-0.15, -0.1) is 0 Å². The lowest BCUT2D eigenvalue weighted by molar-refractivity contribution is 0.269. The molecule has 22 heavy (non-hydrogen) atoms. The Morgan fingerprint density at radius 2 is 1.64 bits per heavy atom. The zero-order chi connectivity index (χ0) is 15.4. The molecular formula is C19H17NO2. The minimum Gasteiger partial charge on any atom is -0.507 e. The van der Waals surface area contributed by atoms with Gasteiger partial charge >= 0.3 is 0 Å². The molecule has 0 unspecified atom stereocenters. The summed E-state index contributed by atoms with van der Waals surface area (Å²) in [6, 6.07) is 20.7. The first-order chi connectivity index (χ1) is 10.8. The minimum absolute atomic E-state index is 0.0773. The van der Waals surface area contributed by atoms with Crippen molar-refractivity contribution in [3.63, 3.8) is 0 Å². The van der Waals surface area contributed by atoms with E-state index in [9.17, 15) is 10.2 Å². The predicted molar refractivity (Wildman–Crippen MR) is 89.5 cm³/mol. The average Bonchev–Trinajstić information content (AvgIpc) is 2.58. The number of aliphatic hydroxyl groups is 1. The quantitative estimate of drug-likeness (QED) is 0.720. The Kier molecular flexibility index (Phi) is 4.17. The van der Waals surface area contributed by atoms with Gasteiger partial charge in [-0.1, -0.05) is 60.7 Å². The molecule has 0 fully saturated rings. The second-order valence-electron chi connectivity index (χ2n) is 5.11. The highest BCUT2D eigenvalue weighted by atomic mass is 16.3. The number of aliphatic hydroxyl groups excluding tert-OH is 1. The largest absolute Gasteiger partial charge is 0.507 e. The molecule has 110 valence electrons. The zero-order valence-corrected chi connectivity index (χ0v) is 12.1. The van der Waals surface area contributed by atoms with Gasteiger partial charge < -0.3 is 10.2 Å². The molecule has 3 nitrogen and oxygen atoms in total. The highest BCUT2D eigenvalue weighted by molar-refractivity contribution is 6.02. The molecule has 3 aromatic rings. The van der Waals surface area contributed by atoms with Gasteiger partial charge in [0.25, 0.3) is 0 Å². The van der Waals surface area contributed by atoms with Crippen molar-refractivity contribution in [1.82, 2.24) is 0 Å². The molecule has 0 heterocycles. The SMILES string of the molecule is OC[C@@H](N=Cc1c(O)ccc2ccccc12)c1ccccc1. The van der Waals surface area contributed by atoms with E-state index in [-0.39, 0.29) is 18.4 Å². The molecule has 0 spiro atoms. The smallest absolute Gasteiger partial charge is 0.124 e. The highest BCUT2D eigenvalue weighted by Gasteiger charge is 2.09. The molecule has 0 radical (unpaired) electrons. The molecule has 2 N–H and O–H groups in total. The van der Waals surface area contributed by atoms with E-state index in [4.69, 9.17) is 0 Å². The van der Waals surface area contributed by atoms with E-state index in [1.807, 2.05) is 60.7 Å². The van der Waals surface area contributed by atoms with E-state index < -0.39 is 0 Å². The third kappa shape index (κ3) is 2.85. The van der Waals surface area contributed by atoms with Crippen LogP contribution >= 0.6 is 0 Å². The van der Waals surface area contributed by atoms with Crippen molar-refractivity contribution in [2.24, 2.45) is 4.99 Å². The fourth-order valence-electron chi connectivity index (χ4n) is 2.50. The van der Waals surface area contributed by atoms with E-state index in [0.29, 0.717) is 5.56 Å². The van der Waals surface area contributed by atoms with Crippen molar-refractivity contribution in [3.05, 3.63) is 77.9 Å². The summed E-state index contributed by atoms with van der Waals surface area (Å²) in [5.41, 5.74) is 1.62. The first-order valence-electron chi connectivity index (χ1n) is 7.19. The van der Waals surface area contributed by atoms with Crippen molar-refractivity contribution in [2.45, 2.75) is 6.04 Å². The summed E-state index contributed by atoms with van der Waals surface area (Å²) in [7, 11) is 0. The Labute approximate surface area is 129 Å². The maximum atomic E-state index is 10.1. The van der Waals surface area contributed by atoms with Gasteiger partial charge in [-0.2, -0.15) is 0 Å². The molecule has 3 heteroatoms. The topological polar surface area (TPSA) is 52.8 Å². The van der Waals surface area contributed by atoms with Crippen LogP contribution < -0.4 is 0 Å². The standard InChI is InChI=1S/C19H17NO2/c21-13-18(15-7-2-1-3-8-15)20-12-17-16-9-5-4-6-14(16)10-11-19(17)22/h1-12,18,21-22H,13H2/t18-/m1/s1. The zero-order valence-electron chi connectivity index (χ0n) is 12.1. The van der Waals surface area contributed by atoms with Crippen LogP contribution in [0.25, 0.3) is 10.8 Å². The molecule has 0 aromatic heterocycles. The third-order valence-electron chi connectivity index (χ3n) is 3.69. The molecule has 0 amide bonds. The van der Waals surface area contributed by atoms with Crippen LogP contribution in [-0.2, 0) is 0 Å². The predicted octanol–water partition coefficient (Wildman–Crippen LogP) is 3.70. The Bertz CT molecular complexity index is 797. The molecule has 0 saturated carbocycles. The Morgan fingerprint density at radius 3 is 2.41 bits per heavy atom. The molecule has 0 aliphatic rings. The van der Waals surface area contributed by atoms with Gasteiger partial charge in [0.15, 0.2) is 0 Å². The number of benzene rings is 3. The molecule has 3 rings (SSSR count). The summed E-state index contributed by atoms with van der Waals surface area (Å²) >= 11 is 0. The molecule has 0 aliphatic carbocycles. The maximum Gasteiger partial charge on any atom is 0.124 e. The number of phenolic OH excluding ortho intramolecular Hbond substituents is 1. The van der Waals surface area contributed by atoms with Crippen molar-refractivity contribution >= 4 is 17.0 Å². The maximum absolute atomic E-state index is 10.1. The average molecular weight is 291 g/mol. The Hall–Kier alpha value is -2.65. The molecule has 0 aliphatic heterocycles. The molecular weight excluding hydrogens is 274 g/mol. The second kappa shape index (κ2) is 6.41. The van der Waals surface area contributed by atoms with Gasteiger partial charge in [0.05, 0.1) is 12.6 Å². The number of aliphatic imine (C=N–C) groups is 1. The van der Waals surface area contributed by atoms with Gasteiger partial charge in [0.2, 0.25) is 0 Å². The molecule has 3 aromatic carbocycles. The normalized spacial score (nSPS) is 12.8. The summed E-state index contributed by atoms with van der Waals surface area (Å²) in [5, 5.41) is 21.7. The lowest BCUT2D eigenvalue weighted by Crippen LogP contribution is -2.01. The summed E-state index contributed by atoms with van der Waals surface area (Å²) in [5.74, 6) is 0.187. The van der Waals surface area contributed by atoms with Gasteiger partial charge in [0, 0.05) is 11.8 Å². The number of fused-ring (bicyclic) bond motifs is 1. The van der Waals surface area contributed by atoms with E-state index in [1.165, 1.54) is 0 Å². The number of aromatic hydroxyl groups is 1. The molecule has 1 atom stereocenters. The van der Waals surface area contributed by atoms with E-state index in [0.717, 1.165) is 16.3 Å². The summed E-state index contributed by atoms with van der Waals surface area (Å²) in [4.78, 5) is 4.46. The van der Waals surface area contributed by atoms with Crippen LogP contribution in [0.15, 0.2) is 71.7 Å². The van der Waals surface area contributed by atoms with Crippen molar-refractivity contribution < 1.29 is 10.2 Å². The number of nitrogens with zero attached hydrogens (tertiary/aromatic N) is 1. The van der Waals surface area contributed by atoms with Crippen molar-refractivity contribution in [2.75, 3.05) is 6.61 Å². The van der Waals surface area contributed by atoms with Crippen molar-refractivity contribution in [1.29, 1.82) is 0 Å². The Balaban J connectivity index is 2.00. The van der Waals surface area contributed by atoms with Crippen LogP contribution in [-0.4, -0.2) is 23.0 Å². The van der Waals surface area contributed by atoms with E-state index in [2.05, 4.69) is 4.99 Å². The monoisotopic (exact) mass is 291 g/mol. The fraction of sp³-hybridized carbons (Fsp3) is 0.105. The van der Waals surface area contributed by atoms with Gasteiger partial charge in [-0.25, -0.2) is 0 Å². The highest BCUT2D eigenvalue weighted by Crippen LogP contribution is 2.26. The van der Waals surface area contributed by atoms with Gasteiger partial charge in [-0.3, -0.25) is 4.99 Å². The number of hydrogen-bond acceptors (Lipinski definition) is 3. The van der Waals surface area contributed by atoms with Crippen molar-refractivity contribution in [3.8, 4) is 5.75 Å². The molecule has 0 saturated heterocycles.